The van der Waals surface area contributed by atoms with Crippen LogP contribution >= 0.6 is 0 Å². The van der Waals surface area contributed by atoms with E-state index in [1.54, 1.807) is 0 Å². The van der Waals surface area contributed by atoms with Gasteiger partial charge in [0.1, 0.15) is 5.75 Å². The number of benzene rings is 1. The molecule has 0 aliphatic rings. The molecule has 1 unspecified atom stereocenters. The molecule has 0 aromatic heterocycles. The van der Waals surface area contributed by atoms with Crippen LogP contribution < -0.4 is 15.4 Å². The molecule has 20 heavy (non-hydrogen) atoms. The Kier molecular flexibility index (Phi) is 6.02. The fourth-order valence-electron chi connectivity index (χ4n) is 1.78. The van der Waals surface area contributed by atoms with Crippen LogP contribution in [0.4, 0.5) is 0 Å². The summed E-state index contributed by atoms with van der Waals surface area (Å²) in [7, 11) is 1.95. The second-order valence-electron chi connectivity index (χ2n) is 6.12. The monoisotopic (exact) mass is 278 g/mol. The Bertz CT molecular complexity index is 421. The molecule has 0 bridgehead atoms. The van der Waals surface area contributed by atoms with Gasteiger partial charge in [0.25, 0.3) is 5.91 Å². The minimum atomic E-state index is -0.229. The maximum atomic E-state index is 11.6. The van der Waals surface area contributed by atoms with Crippen molar-refractivity contribution >= 4 is 5.91 Å². The fourth-order valence-corrected chi connectivity index (χ4v) is 1.78. The summed E-state index contributed by atoms with van der Waals surface area (Å²) in [6.07, 6.45) is 0.974. The first-order chi connectivity index (χ1) is 9.30. The van der Waals surface area contributed by atoms with E-state index in [1.807, 2.05) is 52.1 Å². The van der Waals surface area contributed by atoms with Crippen molar-refractivity contribution in [3.8, 4) is 5.75 Å². The highest BCUT2D eigenvalue weighted by Gasteiger charge is 2.13. The zero-order valence-electron chi connectivity index (χ0n) is 13.1. The lowest BCUT2D eigenvalue weighted by Crippen LogP contribution is -2.43. The van der Waals surface area contributed by atoms with Crippen molar-refractivity contribution in [1.82, 2.24) is 10.6 Å². The number of carbonyl (C=O) groups excluding carboxylic acids is 1. The van der Waals surface area contributed by atoms with Crippen molar-refractivity contribution in [1.29, 1.82) is 0 Å². The van der Waals surface area contributed by atoms with E-state index in [2.05, 4.69) is 17.6 Å². The smallest absolute Gasteiger partial charge is 0.258 e. The Balaban J connectivity index is 2.44. The van der Waals surface area contributed by atoms with Crippen LogP contribution in [0.25, 0.3) is 0 Å². The Morgan fingerprint density at radius 1 is 1.25 bits per heavy atom. The van der Waals surface area contributed by atoms with Crippen LogP contribution in [0, 0.1) is 0 Å². The molecule has 0 saturated carbocycles. The van der Waals surface area contributed by atoms with E-state index in [9.17, 15) is 4.79 Å². The molecule has 4 heteroatoms. The van der Waals surface area contributed by atoms with Gasteiger partial charge < -0.3 is 15.4 Å². The lowest BCUT2D eigenvalue weighted by atomic mass is 10.1. The minimum absolute atomic E-state index is 0.0452. The molecule has 1 atom stereocenters. The lowest BCUT2D eigenvalue weighted by molar-refractivity contribution is -0.124. The van der Waals surface area contributed by atoms with Gasteiger partial charge in [-0.15, -0.1) is 0 Å². The number of likely N-dealkylation sites (N-methyl/N-ethyl adjacent to an activating group) is 1. The van der Waals surface area contributed by atoms with Gasteiger partial charge >= 0.3 is 0 Å². The van der Waals surface area contributed by atoms with Crippen molar-refractivity contribution in [2.45, 2.75) is 45.7 Å². The Morgan fingerprint density at radius 3 is 2.35 bits per heavy atom. The molecule has 0 radical (unpaired) electrons. The molecular weight excluding hydrogens is 252 g/mol. The van der Waals surface area contributed by atoms with Gasteiger partial charge in [-0.25, -0.2) is 0 Å². The highest BCUT2D eigenvalue weighted by Crippen LogP contribution is 2.13. The predicted octanol–water partition coefficient (Wildman–Crippen LogP) is 2.13. The van der Waals surface area contributed by atoms with Crippen molar-refractivity contribution in [2.24, 2.45) is 0 Å². The summed E-state index contributed by atoms with van der Waals surface area (Å²) in [5.41, 5.74) is 1.02. The summed E-state index contributed by atoms with van der Waals surface area (Å²) >= 11 is 0. The first kappa shape index (κ1) is 16.5. The van der Waals surface area contributed by atoms with Crippen LogP contribution in [0.2, 0.25) is 0 Å². The largest absolute Gasteiger partial charge is 0.484 e. The molecule has 0 fully saturated rings. The molecule has 112 valence electrons. The van der Waals surface area contributed by atoms with Crippen molar-refractivity contribution in [2.75, 3.05) is 13.7 Å². The van der Waals surface area contributed by atoms with E-state index in [0.29, 0.717) is 6.04 Å². The summed E-state index contributed by atoms with van der Waals surface area (Å²) in [6.45, 7) is 8.03. The molecule has 0 aliphatic heterocycles. The minimum Gasteiger partial charge on any atom is -0.484 e. The number of hydrogen-bond acceptors (Lipinski definition) is 3. The van der Waals surface area contributed by atoms with Gasteiger partial charge in [-0.2, -0.15) is 0 Å². The Labute approximate surface area is 121 Å². The normalized spacial score (nSPS) is 12.8. The van der Waals surface area contributed by atoms with Crippen LogP contribution in [-0.2, 0) is 11.2 Å². The molecular formula is C16H26N2O2. The van der Waals surface area contributed by atoms with Crippen molar-refractivity contribution < 1.29 is 9.53 Å². The van der Waals surface area contributed by atoms with E-state index in [-0.39, 0.29) is 18.1 Å². The molecule has 0 spiro atoms. The first-order valence-electron chi connectivity index (χ1n) is 7.00. The molecule has 2 N–H and O–H groups in total. The summed E-state index contributed by atoms with van der Waals surface area (Å²) in [5.74, 6) is 0.611. The number of carbonyl (C=O) groups is 1. The van der Waals surface area contributed by atoms with E-state index < -0.39 is 0 Å². The number of rotatable bonds is 6. The zero-order chi connectivity index (χ0) is 15.2. The molecule has 0 heterocycles. The Morgan fingerprint density at radius 2 is 1.85 bits per heavy atom. The van der Waals surface area contributed by atoms with Gasteiger partial charge in [0, 0.05) is 11.6 Å². The quantitative estimate of drug-likeness (QED) is 0.838. The Hall–Kier alpha value is -1.55. The van der Waals surface area contributed by atoms with Gasteiger partial charge in [-0.05, 0) is 58.9 Å². The molecule has 1 amide bonds. The van der Waals surface area contributed by atoms with E-state index in [1.165, 1.54) is 5.56 Å². The van der Waals surface area contributed by atoms with E-state index >= 15 is 0 Å². The average molecular weight is 278 g/mol. The third kappa shape index (κ3) is 6.57. The summed E-state index contributed by atoms with van der Waals surface area (Å²) in [5, 5.41) is 6.07. The predicted molar refractivity (Wildman–Crippen MR) is 82.1 cm³/mol. The van der Waals surface area contributed by atoms with E-state index in [4.69, 9.17) is 4.74 Å². The summed E-state index contributed by atoms with van der Waals surface area (Å²) < 4.78 is 5.47. The van der Waals surface area contributed by atoms with Gasteiger partial charge in [0.05, 0.1) is 0 Å². The standard InChI is InChI=1S/C16H26N2O2/c1-12(17-5)10-13-6-8-14(9-7-13)20-11-15(19)18-16(2,3)4/h6-9,12,17H,10-11H2,1-5H3,(H,18,19). The van der Waals surface area contributed by atoms with Gasteiger partial charge in [-0.3, -0.25) is 4.79 Å². The molecule has 1 rings (SSSR count). The van der Waals surface area contributed by atoms with Crippen LogP contribution in [0.3, 0.4) is 0 Å². The zero-order valence-corrected chi connectivity index (χ0v) is 13.1. The number of nitrogens with one attached hydrogen (secondary N) is 2. The SMILES string of the molecule is CNC(C)Cc1ccc(OCC(=O)NC(C)(C)C)cc1. The molecule has 4 nitrogen and oxygen atoms in total. The maximum absolute atomic E-state index is 11.6. The second-order valence-corrected chi connectivity index (χ2v) is 6.12. The lowest BCUT2D eigenvalue weighted by Gasteiger charge is -2.20. The third-order valence-electron chi connectivity index (χ3n) is 2.84. The van der Waals surface area contributed by atoms with E-state index in [0.717, 1.165) is 12.2 Å². The highest BCUT2D eigenvalue weighted by atomic mass is 16.5. The topological polar surface area (TPSA) is 50.4 Å². The molecule has 1 aromatic rings. The summed E-state index contributed by atoms with van der Waals surface area (Å²) in [4.78, 5) is 11.6. The number of amides is 1. The van der Waals surface area contributed by atoms with Gasteiger partial charge in [-0.1, -0.05) is 12.1 Å². The van der Waals surface area contributed by atoms with Crippen molar-refractivity contribution in [3.63, 3.8) is 0 Å². The number of hydrogen-bond donors (Lipinski definition) is 2. The van der Waals surface area contributed by atoms with Crippen LogP contribution in [-0.4, -0.2) is 31.1 Å². The van der Waals surface area contributed by atoms with Crippen LogP contribution in [0.1, 0.15) is 33.3 Å². The fraction of sp³-hybridized carbons (Fsp3) is 0.562. The maximum Gasteiger partial charge on any atom is 0.258 e. The molecule has 1 aromatic carbocycles. The third-order valence-corrected chi connectivity index (χ3v) is 2.84. The number of ether oxygens (including phenoxy) is 1. The molecule has 0 aliphatic carbocycles. The van der Waals surface area contributed by atoms with Crippen LogP contribution in [0.5, 0.6) is 5.75 Å². The first-order valence-corrected chi connectivity index (χ1v) is 7.00. The average Bonchev–Trinajstić information content (AvgIpc) is 2.36. The van der Waals surface area contributed by atoms with Gasteiger partial charge in [0.15, 0.2) is 6.61 Å². The van der Waals surface area contributed by atoms with Crippen molar-refractivity contribution in [3.05, 3.63) is 29.8 Å². The summed E-state index contributed by atoms with van der Waals surface area (Å²) in [6, 6.07) is 8.32. The second kappa shape index (κ2) is 7.29. The highest BCUT2D eigenvalue weighted by molar-refractivity contribution is 5.78. The van der Waals surface area contributed by atoms with Gasteiger partial charge in [0.2, 0.25) is 0 Å². The van der Waals surface area contributed by atoms with Crippen LogP contribution in [0.15, 0.2) is 24.3 Å². The molecule has 0 saturated heterocycles.